The fraction of sp³-hybridized carbons (Fsp3) is 0.722. The van der Waals surface area contributed by atoms with E-state index in [0.29, 0.717) is 11.4 Å². The third-order valence-corrected chi connectivity index (χ3v) is 5.65. The number of halogens is 1. The fourth-order valence-corrected chi connectivity index (χ4v) is 3.77. The summed E-state index contributed by atoms with van der Waals surface area (Å²) >= 11 is 7.61. The molecule has 0 aliphatic carbocycles. The van der Waals surface area contributed by atoms with Gasteiger partial charge in [-0.1, -0.05) is 76.3 Å². The van der Waals surface area contributed by atoms with Crippen LogP contribution in [0.25, 0.3) is 0 Å². The summed E-state index contributed by atoms with van der Waals surface area (Å²) in [5.41, 5.74) is 1.02. The third-order valence-electron chi connectivity index (χ3n) is 3.91. The number of rotatable bonds is 12. The summed E-state index contributed by atoms with van der Waals surface area (Å²) in [5, 5.41) is 2.63. The van der Waals surface area contributed by atoms with Crippen molar-refractivity contribution in [3.05, 3.63) is 20.8 Å². The van der Waals surface area contributed by atoms with Crippen LogP contribution in [0.1, 0.15) is 92.8 Å². The van der Waals surface area contributed by atoms with Crippen molar-refractivity contribution in [1.82, 2.24) is 0 Å². The Labute approximate surface area is 139 Å². The van der Waals surface area contributed by atoms with Crippen LogP contribution in [0.4, 0.5) is 0 Å². The second-order valence-corrected chi connectivity index (χ2v) is 7.17. The van der Waals surface area contributed by atoms with Gasteiger partial charge in [-0.15, -0.1) is 11.3 Å². The molecule has 1 aromatic heterocycles. The van der Waals surface area contributed by atoms with Gasteiger partial charge in [-0.05, 0) is 24.3 Å². The van der Waals surface area contributed by atoms with E-state index in [1.807, 2.05) is 12.3 Å². The Hall–Kier alpha value is -0.340. The van der Waals surface area contributed by atoms with E-state index in [0.717, 1.165) is 16.9 Å². The summed E-state index contributed by atoms with van der Waals surface area (Å²) in [7, 11) is 0. The van der Waals surface area contributed by atoms with Crippen molar-refractivity contribution in [3.8, 4) is 0 Å². The smallest absolute Gasteiger partial charge is 0.174 e. The molecule has 3 heteroatoms. The lowest BCUT2D eigenvalue weighted by Crippen LogP contribution is -1.96. The lowest BCUT2D eigenvalue weighted by molar-refractivity contribution is 0.0983. The number of unbranched alkanes of at least 4 members (excludes halogenated alkanes) is 9. The van der Waals surface area contributed by atoms with Gasteiger partial charge in [0.05, 0.1) is 9.90 Å². The van der Waals surface area contributed by atoms with Crippen LogP contribution < -0.4 is 0 Å². The van der Waals surface area contributed by atoms with E-state index in [1.54, 1.807) is 0 Å². The van der Waals surface area contributed by atoms with Crippen LogP contribution in [0.15, 0.2) is 5.38 Å². The second kappa shape index (κ2) is 11.3. The van der Waals surface area contributed by atoms with Crippen molar-refractivity contribution in [2.24, 2.45) is 0 Å². The number of aryl methyl sites for hydroxylation is 1. The Kier molecular flexibility index (Phi) is 10.0. The molecule has 0 saturated carbocycles. The highest BCUT2D eigenvalue weighted by Crippen LogP contribution is 2.28. The number of Topliss-reactive ketones (excluding diaryl/α,β-unsaturated/α-hetero) is 1. The molecule has 0 unspecified atom stereocenters. The third kappa shape index (κ3) is 7.46. The lowest BCUT2D eigenvalue weighted by Gasteiger charge is -2.02. The normalized spacial score (nSPS) is 11.0. The van der Waals surface area contributed by atoms with Crippen molar-refractivity contribution in [1.29, 1.82) is 0 Å². The molecule has 21 heavy (non-hydrogen) atoms. The maximum Gasteiger partial charge on any atom is 0.174 e. The molecule has 120 valence electrons. The van der Waals surface area contributed by atoms with Crippen molar-refractivity contribution in [2.45, 2.75) is 84.5 Å². The van der Waals surface area contributed by atoms with Crippen molar-refractivity contribution in [2.75, 3.05) is 0 Å². The summed E-state index contributed by atoms with van der Waals surface area (Å²) in [6.45, 7) is 4.21. The first kappa shape index (κ1) is 18.7. The number of carbonyl (C=O) groups is 1. The minimum Gasteiger partial charge on any atom is -0.293 e. The maximum absolute atomic E-state index is 12.0. The fourth-order valence-electron chi connectivity index (χ4n) is 2.50. The van der Waals surface area contributed by atoms with Crippen LogP contribution in [0.5, 0.6) is 0 Å². The van der Waals surface area contributed by atoms with Gasteiger partial charge in [0, 0.05) is 6.42 Å². The van der Waals surface area contributed by atoms with E-state index in [9.17, 15) is 4.79 Å². The highest BCUT2D eigenvalue weighted by atomic mass is 35.5. The predicted octanol–water partition coefficient (Wildman–Crippen LogP) is 7.20. The average Bonchev–Trinajstić information content (AvgIpc) is 2.81. The molecule has 0 aromatic carbocycles. The van der Waals surface area contributed by atoms with E-state index >= 15 is 0 Å². The zero-order valence-electron chi connectivity index (χ0n) is 13.5. The highest BCUT2D eigenvalue weighted by Gasteiger charge is 2.13. The maximum atomic E-state index is 12.0. The number of hydrogen-bond donors (Lipinski definition) is 0. The number of carbonyl (C=O) groups excluding carboxylic acids is 1. The first-order chi connectivity index (χ1) is 10.2. The summed E-state index contributed by atoms with van der Waals surface area (Å²) in [6, 6.07) is 0. The van der Waals surface area contributed by atoms with Gasteiger partial charge in [0.2, 0.25) is 0 Å². The van der Waals surface area contributed by atoms with Crippen LogP contribution in [0.2, 0.25) is 5.02 Å². The molecular weight excluding hydrogens is 300 g/mol. The molecule has 0 spiro atoms. The summed E-state index contributed by atoms with van der Waals surface area (Å²) < 4.78 is 0. The van der Waals surface area contributed by atoms with Gasteiger partial charge in [0.1, 0.15) is 0 Å². The van der Waals surface area contributed by atoms with Crippen LogP contribution in [0.3, 0.4) is 0 Å². The molecular formula is C18H29ClOS. The number of ketones is 1. The molecule has 0 aliphatic heterocycles. The predicted molar refractivity (Wildman–Crippen MR) is 94.9 cm³/mol. The Morgan fingerprint density at radius 2 is 1.52 bits per heavy atom. The molecule has 0 atom stereocenters. The minimum absolute atomic E-state index is 0.220. The second-order valence-electron chi connectivity index (χ2n) is 5.92. The molecule has 1 nitrogen and oxygen atoms in total. The molecule has 0 N–H and O–H groups in total. The van der Waals surface area contributed by atoms with Gasteiger partial charge in [-0.3, -0.25) is 4.79 Å². The van der Waals surface area contributed by atoms with E-state index in [2.05, 4.69) is 6.92 Å². The molecule has 0 amide bonds. The van der Waals surface area contributed by atoms with Crippen LogP contribution in [0, 0.1) is 6.92 Å². The SMILES string of the molecule is CCCCCCCCCCCCC(=O)c1scc(C)c1Cl. The molecule has 1 rings (SSSR count). The summed E-state index contributed by atoms with van der Waals surface area (Å²) in [6.07, 6.45) is 13.6. The van der Waals surface area contributed by atoms with Gasteiger partial charge in [-0.25, -0.2) is 0 Å². The first-order valence-electron chi connectivity index (χ1n) is 8.43. The zero-order chi connectivity index (χ0) is 15.5. The van der Waals surface area contributed by atoms with Gasteiger partial charge in [0.15, 0.2) is 5.78 Å². The van der Waals surface area contributed by atoms with Crippen molar-refractivity contribution < 1.29 is 4.79 Å². The quantitative estimate of drug-likeness (QED) is 0.293. The van der Waals surface area contributed by atoms with E-state index in [-0.39, 0.29) is 5.78 Å². The molecule has 0 saturated heterocycles. The molecule has 0 fully saturated rings. The van der Waals surface area contributed by atoms with Crippen molar-refractivity contribution in [3.63, 3.8) is 0 Å². The first-order valence-corrected chi connectivity index (χ1v) is 9.69. The number of hydrogen-bond acceptors (Lipinski definition) is 2. The van der Waals surface area contributed by atoms with Gasteiger partial charge in [0.25, 0.3) is 0 Å². The van der Waals surface area contributed by atoms with Gasteiger partial charge >= 0.3 is 0 Å². The zero-order valence-corrected chi connectivity index (χ0v) is 15.1. The largest absolute Gasteiger partial charge is 0.293 e. The Morgan fingerprint density at radius 3 is 2.00 bits per heavy atom. The highest BCUT2D eigenvalue weighted by molar-refractivity contribution is 7.13. The molecule has 1 heterocycles. The van der Waals surface area contributed by atoms with E-state index in [1.165, 1.54) is 69.1 Å². The van der Waals surface area contributed by atoms with Crippen LogP contribution >= 0.6 is 22.9 Å². The van der Waals surface area contributed by atoms with Crippen LogP contribution in [-0.4, -0.2) is 5.78 Å². The van der Waals surface area contributed by atoms with Crippen LogP contribution in [-0.2, 0) is 0 Å². The van der Waals surface area contributed by atoms with Crippen molar-refractivity contribution >= 4 is 28.7 Å². The Balaban J connectivity index is 1.99. The number of thiophene rings is 1. The Bertz CT molecular complexity index is 411. The molecule has 0 bridgehead atoms. The molecule has 1 aromatic rings. The molecule has 0 radical (unpaired) electrons. The average molecular weight is 329 g/mol. The minimum atomic E-state index is 0.220. The Morgan fingerprint density at radius 1 is 1.00 bits per heavy atom. The topological polar surface area (TPSA) is 17.1 Å². The molecule has 0 aliphatic rings. The van der Waals surface area contributed by atoms with Gasteiger partial charge in [-0.2, -0.15) is 0 Å². The lowest BCUT2D eigenvalue weighted by atomic mass is 10.0. The van der Waals surface area contributed by atoms with E-state index in [4.69, 9.17) is 11.6 Å². The van der Waals surface area contributed by atoms with E-state index < -0.39 is 0 Å². The standard InChI is InChI=1S/C18H29ClOS/c1-3-4-5-6-7-8-9-10-11-12-13-16(20)18-17(19)15(2)14-21-18/h14H,3-13H2,1-2H3. The summed E-state index contributed by atoms with van der Waals surface area (Å²) in [4.78, 5) is 12.8. The van der Waals surface area contributed by atoms with Gasteiger partial charge < -0.3 is 0 Å². The summed E-state index contributed by atoms with van der Waals surface area (Å²) in [5.74, 6) is 0.220. The monoisotopic (exact) mass is 328 g/mol.